The van der Waals surface area contributed by atoms with E-state index in [1.54, 1.807) is 19.1 Å². The molecule has 78 valence electrons. The SMILES string of the molecule is COc1ccc(C(=O)C(C)C#N)cc1Cl. The molecule has 1 unspecified atom stereocenters. The number of ketones is 1. The van der Waals surface area contributed by atoms with Gasteiger partial charge >= 0.3 is 0 Å². The van der Waals surface area contributed by atoms with Crippen molar-refractivity contribution in [2.75, 3.05) is 7.11 Å². The topological polar surface area (TPSA) is 50.1 Å². The fourth-order valence-corrected chi connectivity index (χ4v) is 1.39. The van der Waals surface area contributed by atoms with Crippen LogP contribution in [0, 0.1) is 17.2 Å². The van der Waals surface area contributed by atoms with Crippen LogP contribution in [0.25, 0.3) is 0 Å². The Hall–Kier alpha value is -1.53. The first-order valence-electron chi connectivity index (χ1n) is 4.37. The van der Waals surface area contributed by atoms with E-state index in [9.17, 15) is 4.79 Å². The van der Waals surface area contributed by atoms with Gasteiger partial charge in [0.05, 0.1) is 18.2 Å². The third-order valence-corrected chi connectivity index (χ3v) is 2.32. The van der Waals surface area contributed by atoms with Crippen LogP contribution in [0.1, 0.15) is 17.3 Å². The molecule has 0 aliphatic carbocycles. The molecule has 0 spiro atoms. The standard InChI is InChI=1S/C11H10ClNO2/c1-7(6-13)11(14)8-3-4-10(15-2)9(12)5-8/h3-5,7H,1-2H3. The van der Waals surface area contributed by atoms with Crippen LogP contribution >= 0.6 is 11.6 Å². The number of rotatable bonds is 3. The molecule has 0 aliphatic rings. The van der Waals surface area contributed by atoms with Crippen molar-refractivity contribution in [2.24, 2.45) is 5.92 Å². The van der Waals surface area contributed by atoms with Crippen LogP contribution in [0.3, 0.4) is 0 Å². The predicted octanol–water partition coefficient (Wildman–Crippen LogP) is 2.69. The van der Waals surface area contributed by atoms with E-state index in [1.165, 1.54) is 13.2 Å². The van der Waals surface area contributed by atoms with E-state index in [-0.39, 0.29) is 5.78 Å². The Kier molecular flexibility index (Phi) is 3.70. The Labute approximate surface area is 93.2 Å². The molecule has 0 N–H and O–H groups in total. The average molecular weight is 224 g/mol. The van der Waals surface area contributed by atoms with Crippen molar-refractivity contribution in [3.05, 3.63) is 28.8 Å². The fourth-order valence-electron chi connectivity index (χ4n) is 1.13. The largest absolute Gasteiger partial charge is 0.495 e. The summed E-state index contributed by atoms with van der Waals surface area (Å²) in [5.41, 5.74) is 0.426. The molecule has 3 nitrogen and oxygen atoms in total. The summed E-state index contributed by atoms with van der Waals surface area (Å²) in [5.74, 6) is -0.380. The van der Waals surface area contributed by atoms with E-state index < -0.39 is 5.92 Å². The van der Waals surface area contributed by atoms with Gasteiger partial charge in [0.25, 0.3) is 0 Å². The van der Waals surface area contributed by atoms with Crippen LogP contribution in [-0.4, -0.2) is 12.9 Å². The number of hydrogen-bond acceptors (Lipinski definition) is 3. The van der Waals surface area contributed by atoms with Gasteiger partial charge in [-0.25, -0.2) is 0 Å². The number of carbonyl (C=O) groups is 1. The number of benzene rings is 1. The zero-order chi connectivity index (χ0) is 11.4. The molecule has 0 fully saturated rings. The third kappa shape index (κ3) is 2.48. The Morgan fingerprint density at radius 2 is 2.27 bits per heavy atom. The van der Waals surface area contributed by atoms with E-state index in [1.807, 2.05) is 6.07 Å². The van der Waals surface area contributed by atoms with E-state index in [2.05, 4.69) is 0 Å². The van der Waals surface area contributed by atoms with E-state index in [0.29, 0.717) is 16.3 Å². The first kappa shape index (κ1) is 11.5. The summed E-state index contributed by atoms with van der Waals surface area (Å²) in [7, 11) is 1.50. The number of ether oxygens (including phenoxy) is 1. The highest BCUT2D eigenvalue weighted by Gasteiger charge is 2.15. The van der Waals surface area contributed by atoms with Crippen LogP contribution in [0.15, 0.2) is 18.2 Å². The zero-order valence-corrected chi connectivity index (χ0v) is 9.21. The molecule has 0 radical (unpaired) electrons. The minimum Gasteiger partial charge on any atom is -0.495 e. The molecule has 0 aromatic heterocycles. The smallest absolute Gasteiger partial charge is 0.179 e. The summed E-state index contributed by atoms with van der Waals surface area (Å²) in [5, 5.41) is 8.98. The highest BCUT2D eigenvalue weighted by Crippen LogP contribution is 2.25. The van der Waals surface area contributed by atoms with Crippen LogP contribution in [0.5, 0.6) is 5.75 Å². The number of halogens is 1. The maximum Gasteiger partial charge on any atom is 0.179 e. The van der Waals surface area contributed by atoms with Crippen LogP contribution in [-0.2, 0) is 0 Å². The Balaban J connectivity index is 3.04. The summed E-state index contributed by atoms with van der Waals surface area (Å²) in [4.78, 5) is 11.6. The monoisotopic (exact) mass is 223 g/mol. The number of Topliss-reactive ketones (excluding diaryl/α,β-unsaturated/α-hetero) is 1. The minimum absolute atomic E-state index is 0.234. The lowest BCUT2D eigenvalue weighted by atomic mass is 10.0. The van der Waals surface area contributed by atoms with Crippen molar-refractivity contribution in [2.45, 2.75) is 6.92 Å². The van der Waals surface area contributed by atoms with E-state index in [0.717, 1.165) is 0 Å². The zero-order valence-electron chi connectivity index (χ0n) is 8.45. The van der Waals surface area contributed by atoms with Gasteiger partial charge in [-0.05, 0) is 25.1 Å². The summed E-state index contributed by atoms with van der Waals surface area (Å²) in [6.45, 7) is 1.56. The second-order valence-corrected chi connectivity index (χ2v) is 3.47. The first-order chi connectivity index (χ1) is 7.10. The maximum atomic E-state index is 11.6. The van der Waals surface area contributed by atoms with Gasteiger partial charge in [-0.2, -0.15) is 5.26 Å². The van der Waals surface area contributed by atoms with Crippen molar-refractivity contribution in [3.8, 4) is 11.8 Å². The number of carbonyl (C=O) groups excluding carboxylic acids is 1. The van der Waals surface area contributed by atoms with Gasteiger partial charge in [0.2, 0.25) is 0 Å². The Bertz CT molecular complexity index is 423. The Morgan fingerprint density at radius 3 is 2.73 bits per heavy atom. The molecule has 0 saturated heterocycles. The molecule has 0 aliphatic heterocycles. The highest BCUT2D eigenvalue weighted by atomic mass is 35.5. The highest BCUT2D eigenvalue weighted by molar-refractivity contribution is 6.32. The van der Waals surface area contributed by atoms with Crippen LogP contribution in [0.4, 0.5) is 0 Å². The van der Waals surface area contributed by atoms with Crippen molar-refractivity contribution in [1.82, 2.24) is 0 Å². The fraction of sp³-hybridized carbons (Fsp3) is 0.273. The Morgan fingerprint density at radius 1 is 1.60 bits per heavy atom. The molecule has 0 amide bonds. The van der Waals surface area contributed by atoms with Crippen molar-refractivity contribution in [1.29, 1.82) is 5.26 Å². The van der Waals surface area contributed by atoms with Gasteiger partial charge in [0.1, 0.15) is 11.7 Å². The number of hydrogen-bond donors (Lipinski definition) is 0. The summed E-state index contributed by atoms with van der Waals surface area (Å²) in [6.07, 6.45) is 0. The molecule has 0 heterocycles. The quantitative estimate of drug-likeness (QED) is 0.741. The summed E-state index contributed by atoms with van der Waals surface area (Å²) < 4.78 is 4.96. The first-order valence-corrected chi connectivity index (χ1v) is 4.75. The lowest BCUT2D eigenvalue weighted by Gasteiger charge is -2.06. The molecular formula is C11H10ClNO2. The molecule has 0 saturated carbocycles. The van der Waals surface area contributed by atoms with Crippen LogP contribution in [0.2, 0.25) is 5.02 Å². The molecule has 1 rings (SSSR count). The van der Waals surface area contributed by atoms with Crippen molar-refractivity contribution in [3.63, 3.8) is 0 Å². The molecule has 4 heteroatoms. The third-order valence-electron chi connectivity index (χ3n) is 2.02. The second-order valence-electron chi connectivity index (χ2n) is 3.06. The van der Waals surface area contributed by atoms with Gasteiger partial charge in [0.15, 0.2) is 5.78 Å². The average Bonchev–Trinajstić information content (AvgIpc) is 2.26. The van der Waals surface area contributed by atoms with Gasteiger partial charge in [0, 0.05) is 5.56 Å². The molecule has 0 bridgehead atoms. The van der Waals surface area contributed by atoms with Gasteiger partial charge in [-0.1, -0.05) is 11.6 Å². The van der Waals surface area contributed by atoms with Crippen LogP contribution < -0.4 is 4.74 Å². The van der Waals surface area contributed by atoms with Gasteiger partial charge < -0.3 is 4.74 Å². The number of nitrogens with zero attached hydrogens (tertiary/aromatic N) is 1. The summed E-state index contributed by atoms with van der Waals surface area (Å²) >= 11 is 5.86. The second kappa shape index (κ2) is 4.81. The van der Waals surface area contributed by atoms with E-state index >= 15 is 0 Å². The molecular weight excluding hydrogens is 214 g/mol. The van der Waals surface area contributed by atoms with Gasteiger partial charge in [-0.3, -0.25) is 4.79 Å². The van der Waals surface area contributed by atoms with Crippen molar-refractivity contribution < 1.29 is 9.53 Å². The van der Waals surface area contributed by atoms with Gasteiger partial charge in [-0.15, -0.1) is 0 Å². The lowest BCUT2D eigenvalue weighted by Crippen LogP contribution is -2.08. The number of nitriles is 1. The van der Waals surface area contributed by atoms with Crippen molar-refractivity contribution >= 4 is 17.4 Å². The lowest BCUT2D eigenvalue weighted by molar-refractivity contribution is 0.0956. The summed E-state index contributed by atoms with van der Waals surface area (Å²) in [6, 6.07) is 6.61. The molecule has 1 aromatic rings. The maximum absolute atomic E-state index is 11.6. The molecule has 15 heavy (non-hydrogen) atoms. The number of methoxy groups -OCH3 is 1. The molecule has 1 atom stereocenters. The predicted molar refractivity (Wildman–Crippen MR) is 57.1 cm³/mol. The molecule has 1 aromatic carbocycles. The minimum atomic E-state index is -0.658. The normalized spacial score (nSPS) is 11.6. The van der Waals surface area contributed by atoms with E-state index in [4.69, 9.17) is 21.6 Å².